The van der Waals surface area contributed by atoms with Gasteiger partial charge in [0, 0.05) is 30.9 Å². The maximum Gasteiger partial charge on any atom is 0.270 e. The lowest BCUT2D eigenvalue weighted by Crippen LogP contribution is -2.51. The predicted molar refractivity (Wildman–Crippen MR) is 101 cm³/mol. The van der Waals surface area contributed by atoms with E-state index in [1.165, 1.54) is 12.1 Å². The Bertz CT molecular complexity index is 1000. The van der Waals surface area contributed by atoms with Crippen LogP contribution in [0.1, 0.15) is 37.2 Å². The molecule has 0 bridgehead atoms. The molecule has 0 N–H and O–H groups in total. The lowest BCUT2D eigenvalue weighted by Gasteiger charge is -2.34. The number of ether oxygens (including phenoxy) is 1. The molecule has 148 valence electrons. The van der Waals surface area contributed by atoms with E-state index in [2.05, 4.69) is 13.8 Å². The fourth-order valence-corrected chi connectivity index (χ4v) is 5.29. The molecule has 2 aromatic rings. The molecule has 1 spiro atoms. The summed E-state index contributed by atoms with van der Waals surface area (Å²) in [4.78, 5) is 29.9. The Labute approximate surface area is 162 Å². The number of hydrogen-bond donors (Lipinski definition) is 0. The molecule has 0 saturated carbocycles. The van der Waals surface area contributed by atoms with Gasteiger partial charge in [-0.3, -0.25) is 9.59 Å². The Morgan fingerprint density at radius 2 is 2.11 bits per heavy atom. The highest BCUT2D eigenvalue weighted by atomic mass is 19.1. The second-order valence-corrected chi connectivity index (χ2v) is 8.49. The maximum atomic E-state index is 13.6. The molecule has 3 fully saturated rings. The van der Waals surface area contributed by atoms with E-state index in [0.717, 1.165) is 5.52 Å². The number of hydrogen-bond acceptors (Lipinski definition) is 3. The van der Waals surface area contributed by atoms with Gasteiger partial charge in [-0.1, -0.05) is 13.8 Å². The van der Waals surface area contributed by atoms with Crippen molar-refractivity contribution in [2.45, 2.75) is 44.5 Å². The number of aromatic nitrogens is 1. The van der Waals surface area contributed by atoms with Crippen LogP contribution in [-0.4, -0.2) is 57.1 Å². The SMILES string of the molecule is CC(C)[C@@H]1CO[C@@]23CCN(C(=O)c4cc5cc(F)ccc5n4C)[C@@H]2CC(=O)N13. The molecule has 3 aliphatic rings. The van der Waals surface area contributed by atoms with Gasteiger partial charge < -0.3 is 19.1 Å². The van der Waals surface area contributed by atoms with Crippen LogP contribution in [0.2, 0.25) is 0 Å². The molecule has 3 aliphatic heterocycles. The van der Waals surface area contributed by atoms with Gasteiger partial charge >= 0.3 is 0 Å². The van der Waals surface area contributed by atoms with Crippen molar-refractivity contribution in [3.8, 4) is 0 Å². The average Bonchev–Trinajstić information content (AvgIpc) is 3.34. The number of nitrogens with zero attached hydrogens (tertiary/aromatic N) is 3. The largest absolute Gasteiger partial charge is 0.351 e. The van der Waals surface area contributed by atoms with Crippen molar-refractivity contribution in [3.05, 3.63) is 35.8 Å². The van der Waals surface area contributed by atoms with Crippen LogP contribution in [0.15, 0.2) is 24.3 Å². The van der Waals surface area contributed by atoms with Crippen LogP contribution in [0.3, 0.4) is 0 Å². The van der Waals surface area contributed by atoms with Crippen molar-refractivity contribution >= 4 is 22.7 Å². The van der Waals surface area contributed by atoms with Crippen molar-refractivity contribution in [1.82, 2.24) is 14.4 Å². The van der Waals surface area contributed by atoms with Crippen LogP contribution in [-0.2, 0) is 16.6 Å². The molecule has 0 aliphatic carbocycles. The van der Waals surface area contributed by atoms with E-state index in [0.29, 0.717) is 43.0 Å². The zero-order valence-electron chi connectivity index (χ0n) is 16.3. The zero-order chi connectivity index (χ0) is 19.8. The Kier molecular flexibility index (Phi) is 3.66. The topological polar surface area (TPSA) is 54.8 Å². The van der Waals surface area contributed by atoms with E-state index in [4.69, 9.17) is 4.74 Å². The summed E-state index contributed by atoms with van der Waals surface area (Å²) in [6.45, 7) is 5.27. The number of aryl methyl sites for hydroxylation is 1. The van der Waals surface area contributed by atoms with Gasteiger partial charge in [0.2, 0.25) is 5.91 Å². The second-order valence-electron chi connectivity index (χ2n) is 8.49. The van der Waals surface area contributed by atoms with E-state index < -0.39 is 5.72 Å². The fourth-order valence-electron chi connectivity index (χ4n) is 5.29. The summed E-state index contributed by atoms with van der Waals surface area (Å²) in [5, 5.41) is 0.695. The Morgan fingerprint density at radius 1 is 1.32 bits per heavy atom. The first kappa shape index (κ1) is 17.7. The predicted octanol–water partition coefficient (Wildman–Crippen LogP) is 2.52. The molecule has 0 unspecified atom stereocenters. The number of amides is 2. The molecule has 0 radical (unpaired) electrons. The number of fused-ring (bicyclic) bond motifs is 1. The van der Waals surface area contributed by atoms with Crippen LogP contribution in [0.25, 0.3) is 10.9 Å². The number of carbonyl (C=O) groups is 2. The minimum atomic E-state index is -0.682. The third-order valence-electron chi connectivity index (χ3n) is 6.74. The van der Waals surface area contributed by atoms with Gasteiger partial charge in [-0.25, -0.2) is 4.39 Å². The van der Waals surface area contributed by atoms with Crippen LogP contribution in [0.5, 0.6) is 0 Å². The first-order valence-electron chi connectivity index (χ1n) is 9.85. The molecule has 5 rings (SSSR count). The summed E-state index contributed by atoms with van der Waals surface area (Å²) in [6.07, 6.45) is 0.935. The van der Waals surface area contributed by atoms with Gasteiger partial charge in [-0.2, -0.15) is 0 Å². The third kappa shape index (κ3) is 2.16. The lowest BCUT2D eigenvalue weighted by molar-refractivity contribution is -0.139. The van der Waals surface area contributed by atoms with Crippen molar-refractivity contribution < 1.29 is 18.7 Å². The minimum Gasteiger partial charge on any atom is -0.351 e. The van der Waals surface area contributed by atoms with Crippen LogP contribution < -0.4 is 0 Å². The minimum absolute atomic E-state index is 0.0631. The molecule has 1 aromatic heterocycles. The molecule has 6 nitrogen and oxygen atoms in total. The monoisotopic (exact) mass is 385 g/mol. The van der Waals surface area contributed by atoms with E-state index in [-0.39, 0.29) is 29.7 Å². The van der Waals surface area contributed by atoms with E-state index in [1.807, 2.05) is 11.9 Å². The Morgan fingerprint density at radius 3 is 2.86 bits per heavy atom. The van der Waals surface area contributed by atoms with Gasteiger partial charge in [-0.15, -0.1) is 0 Å². The van der Waals surface area contributed by atoms with Gasteiger partial charge in [0.25, 0.3) is 5.91 Å². The summed E-state index contributed by atoms with van der Waals surface area (Å²) in [6, 6.07) is 6.03. The Hall–Kier alpha value is -2.41. The molecule has 28 heavy (non-hydrogen) atoms. The number of benzene rings is 1. The molecular weight excluding hydrogens is 361 g/mol. The first-order valence-corrected chi connectivity index (χ1v) is 9.85. The zero-order valence-corrected chi connectivity index (χ0v) is 16.3. The Balaban J connectivity index is 1.50. The van der Waals surface area contributed by atoms with Gasteiger partial charge in [0.1, 0.15) is 11.5 Å². The standard InChI is InChI=1S/C21H24FN3O3/c1-12(2)17-11-28-21-6-7-24(18(21)10-19(26)25(17)21)20(27)16-9-13-8-14(22)4-5-15(13)23(16)3/h4-5,8-9,12,17-18H,6-7,10-11H2,1-3H3/t17-,18+,21-/m0/s1. The van der Waals surface area contributed by atoms with Crippen molar-refractivity contribution in [3.63, 3.8) is 0 Å². The van der Waals surface area contributed by atoms with E-state index >= 15 is 0 Å². The molecule has 1 aromatic carbocycles. The molecule has 3 saturated heterocycles. The maximum absolute atomic E-state index is 13.6. The summed E-state index contributed by atoms with van der Waals surface area (Å²) >= 11 is 0. The summed E-state index contributed by atoms with van der Waals surface area (Å²) in [5.74, 6) is -0.0849. The highest BCUT2D eigenvalue weighted by Gasteiger charge is 2.65. The summed E-state index contributed by atoms with van der Waals surface area (Å²) in [7, 11) is 1.81. The molecule has 7 heteroatoms. The number of rotatable bonds is 2. The molecule has 3 atom stereocenters. The highest BCUT2D eigenvalue weighted by molar-refractivity contribution is 5.99. The number of carbonyl (C=O) groups excluding carboxylic acids is 2. The van der Waals surface area contributed by atoms with Crippen LogP contribution in [0.4, 0.5) is 4.39 Å². The average molecular weight is 385 g/mol. The third-order valence-corrected chi connectivity index (χ3v) is 6.74. The van der Waals surface area contributed by atoms with Crippen molar-refractivity contribution in [2.24, 2.45) is 13.0 Å². The fraction of sp³-hybridized carbons (Fsp3) is 0.524. The van der Waals surface area contributed by atoms with Crippen molar-refractivity contribution in [2.75, 3.05) is 13.2 Å². The van der Waals surface area contributed by atoms with Gasteiger partial charge in [0.05, 0.1) is 25.1 Å². The van der Waals surface area contributed by atoms with Gasteiger partial charge in [0.15, 0.2) is 5.72 Å². The summed E-state index contributed by atoms with van der Waals surface area (Å²) < 4.78 is 21.6. The quantitative estimate of drug-likeness (QED) is 0.798. The molecule has 4 heterocycles. The number of halogens is 1. The second kappa shape index (κ2) is 5.80. The lowest BCUT2D eigenvalue weighted by atomic mass is 10.0. The smallest absolute Gasteiger partial charge is 0.270 e. The summed E-state index contributed by atoms with van der Waals surface area (Å²) in [5.41, 5.74) is 0.625. The first-order chi connectivity index (χ1) is 13.3. The van der Waals surface area contributed by atoms with E-state index in [9.17, 15) is 14.0 Å². The van der Waals surface area contributed by atoms with Crippen molar-refractivity contribution in [1.29, 1.82) is 0 Å². The normalized spacial score (nSPS) is 29.2. The van der Waals surface area contributed by atoms with E-state index in [1.54, 1.807) is 21.6 Å². The highest BCUT2D eigenvalue weighted by Crippen LogP contribution is 2.49. The number of likely N-dealkylation sites (tertiary alicyclic amines) is 1. The van der Waals surface area contributed by atoms with Gasteiger partial charge in [-0.05, 0) is 30.2 Å². The molecule has 2 amide bonds. The van der Waals surface area contributed by atoms with Crippen LogP contribution >= 0.6 is 0 Å². The van der Waals surface area contributed by atoms with Crippen LogP contribution in [0, 0.1) is 11.7 Å². The molecular formula is C21H24FN3O3.